The van der Waals surface area contributed by atoms with Crippen molar-refractivity contribution in [1.82, 2.24) is 10.2 Å². The van der Waals surface area contributed by atoms with E-state index in [1.54, 1.807) is 0 Å². The number of likely N-dealkylation sites (tertiary alicyclic amines) is 1. The number of piperidine rings is 1. The zero-order chi connectivity index (χ0) is 8.39. The maximum atomic E-state index is 12.9. The van der Waals surface area contributed by atoms with Crippen LogP contribution in [0.15, 0.2) is 0 Å². The van der Waals surface area contributed by atoms with E-state index in [4.69, 9.17) is 0 Å². The zero-order valence-electron chi connectivity index (χ0n) is 8.25. The number of hydrogen-bond acceptors (Lipinski definition) is 2. The third kappa shape index (κ3) is 3.54. The minimum Gasteiger partial charge on any atom is -0.317 e. The van der Waals surface area contributed by atoms with E-state index in [0.29, 0.717) is 12.6 Å². The van der Waals surface area contributed by atoms with Gasteiger partial charge >= 0.3 is 0 Å². The normalized spacial score (nSPS) is 29.4. The van der Waals surface area contributed by atoms with Crippen LogP contribution >= 0.6 is 24.8 Å². The molecule has 0 saturated carbocycles. The van der Waals surface area contributed by atoms with Crippen LogP contribution in [0.3, 0.4) is 0 Å². The summed E-state index contributed by atoms with van der Waals surface area (Å²) in [6.07, 6.45) is 2.60. The van der Waals surface area contributed by atoms with Crippen molar-refractivity contribution in [2.24, 2.45) is 0 Å². The van der Waals surface area contributed by atoms with Crippen molar-refractivity contribution in [1.29, 1.82) is 0 Å². The van der Waals surface area contributed by atoms with Crippen LogP contribution < -0.4 is 5.32 Å². The van der Waals surface area contributed by atoms with Gasteiger partial charge in [0.2, 0.25) is 0 Å². The molecule has 2 aliphatic heterocycles. The number of nitrogens with one attached hydrogen (secondary N) is 1. The standard InChI is InChI=1S/C9H17FN2.2ClH/c10-8-3-6-12(7-8)9-1-4-11-5-2-9;;/h8-9,11H,1-7H2;2*1H/t8-;;/m0../s1. The Balaban J connectivity index is 0.000000845. The third-order valence-electron chi connectivity index (χ3n) is 2.99. The summed E-state index contributed by atoms with van der Waals surface area (Å²) in [5.41, 5.74) is 0. The molecule has 86 valence electrons. The molecular formula is C9H19Cl2FN2. The van der Waals surface area contributed by atoms with Crippen LogP contribution in [0.2, 0.25) is 0 Å². The molecule has 0 aliphatic carbocycles. The number of nitrogens with zero attached hydrogens (tertiary/aromatic N) is 1. The highest BCUT2D eigenvalue weighted by Gasteiger charge is 2.28. The van der Waals surface area contributed by atoms with Gasteiger partial charge < -0.3 is 5.32 Å². The second kappa shape index (κ2) is 6.83. The molecule has 0 bridgehead atoms. The van der Waals surface area contributed by atoms with Gasteiger partial charge in [-0.1, -0.05) is 0 Å². The lowest BCUT2D eigenvalue weighted by molar-refractivity contribution is 0.184. The van der Waals surface area contributed by atoms with Crippen LogP contribution in [0.4, 0.5) is 4.39 Å². The average molecular weight is 245 g/mol. The molecule has 1 N–H and O–H groups in total. The van der Waals surface area contributed by atoms with E-state index in [1.165, 1.54) is 12.8 Å². The van der Waals surface area contributed by atoms with Gasteiger partial charge in [-0.25, -0.2) is 4.39 Å². The predicted molar refractivity (Wildman–Crippen MR) is 61.5 cm³/mol. The first kappa shape index (κ1) is 14.4. The van der Waals surface area contributed by atoms with Crippen molar-refractivity contribution in [2.45, 2.75) is 31.5 Å². The lowest BCUT2D eigenvalue weighted by Crippen LogP contribution is -2.42. The van der Waals surface area contributed by atoms with E-state index in [-0.39, 0.29) is 24.8 Å². The highest BCUT2D eigenvalue weighted by Crippen LogP contribution is 2.19. The van der Waals surface area contributed by atoms with Gasteiger partial charge in [-0.15, -0.1) is 24.8 Å². The molecule has 2 heterocycles. The Morgan fingerprint density at radius 1 is 1.07 bits per heavy atom. The van der Waals surface area contributed by atoms with Crippen LogP contribution in [0.1, 0.15) is 19.3 Å². The lowest BCUT2D eigenvalue weighted by Gasteiger charge is -2.30. The van der Waals surface area contributed by atoms with Crippen LogP contribution in [-0.4, -0.2) is 43.3 Å². The highest BCUT2D eigenvalue weighted by molar-refractivity contribution is 5.85. The second-order valence-electron chi connectivity index (χ2n) is 3.86. The molecule has 0 radical (unpaired) electrons. The maximum Gasteiger partial charge on any atom is 0.114 e. The van der Waals surface area contributed by atoms with E-state index in [1.807, 2.05) is 0 Å². The Morgan fingerprint density at radius 2 is 1.71 bits per heavy atom. The summed E-state index contributed by atoms with van der Waals surface area (Å²) in [7, 11) is 0. The third-order valence-corrected chi connectivity index (χ3v) is 2.99. The molecule has 0 aromatic heterocycles. The smallest absolute Gasteiger partial charge is 0.114 e. The molecule has 2 rings (SSSR count). The Labute approximate surface area is 97.4 Å². The van der Waals surface area contributed by atoms with E-state index < -0.39 is 6.17 Å². The Morgan fingerprint density at radius 3 is 2.21 bits per heavy atom. The van der Waals surface area contributed by atoms with Gasteiger partial charge in [0.1, 0.15) is 6.17 Å². The molecule has 2 nitrogen and oxygen atoms in total. The summed E-state index contributed by atoms with van der Waals surface area (Å²) in [4.78, 5) is 2.32. The van der Waals surface area contributed by atoms with E-state index >= 15 is 0 Å². The Kier molecular flexibility index (Phi) is 7.04. The van der Waals surface area contributed by atoms with E-state index in [9.17, 15) is 4.39 Å². The van der Waals surface area contributed by atoms with Crippen LogP contribution in [0, 0.1) is 0 Å². The van der Waals surface area contributed by atoms with E-state index in [0.717, 1.165) is 26.1 Å². The maximum absolute atomic E-state index is 12.9. The molecule has 2 fully saturated rings. The fourth-order valence-electron chi connectivity index (χ4n) is 2.25. The molecule has 5 heteroatoms. The second-order valence-corrected chi connectivity index (χ2v) is 3.86. The predicted octanol–water partition coefficient (Wildman–Crippen LogP) is 1.63. The summed E-state index contributed by atoms with van der Waals surface area (Å²) in [5, 5.41) is 3.33. The van der Waals surface area contributed by atoms with Gasteiger partial charge in [-0.3, -0.25) is 4.90 Å². The molecule has 0 unspecified atom stereocenters. The molecule has 0 aromatic rings. The monoisotopic (exact) mass is 244 g/mol. The minimum atomic E-state index is -0.556. The number of alkyl halides is 1. The topological polar surface area (TPSA) is 15.3 Å². The summed E-state index contributed by atoms with van der Waals surface area (Å²) < 4.78 is 12.9. The molecular weight excluding hydrogens is 226 g/mol. The summed E-state index contributed by atoms with van der Waals surface area (Å²) in [6.45, 7) is 3.88. The Bertz CT molecular complexity index is 151. The highest BCUT2D eigenvalue weighted by atomic mass is 35.5. The van der Waals surface area contributed by atoms with E-state index in [2.05, 4.69) is 10.2 Å². The average Bonchev–Trinajstić information content (AvgIpc) is 2.54. The van der Waals surface area contributed by atoms with Crippen molar-refractivity contribution >= 4 is 24.8 Å². The molecule has 0 amide bonds. The van der Waals surface area contributed by atoms with Crippen LogP contribution in [-0.2, 0) is 0 Å². The van der Waals surface area contributed by atoms with Crippen molar-refractivity contribution in [3.63, 3.8) is 0 Å². The molecule has 0 aromatic carbocycles. The SMILES string of the molecule is Cl.Cl.F[C@H]1CCN(C2CCNCC2)C1. The molecule has 0 spiro atoms. The van der Waals surface area contributed by atoms with Crippen molar-refractivity contribution in [2.75, 3.05) is 26.2 Å². The van der Waals surface area contributed by atoms with Crippen molar-refractivity contribution < 1.29 is 4.39 Å². The minimum absolute atomic E-state index is 0. The molecule has 2 aliphatic rings. The molecule has 1 atom stereocenters. The summed E-state index contributed by atoms with van der Waals surface area (Å²) in [6, 6.07) is 0.659. The fraction of sp³-hybridized carbons (Fsp3) is 1.00. The molecule has 2 saturated heterocycles. The largest absolute Gasteiger partial charge is 0.317 e. The Hall–Kier alpha value is 0.430. The van der Waals surface area contributed by atoms with Gasteiger partial charge in [0.25, 0.3) is 0 Å². The number of rotatable bonds is 1. The van der Waals surface area contributed by atoms with Crippen molar-refractivity contribution in [3.8, 4) is 0 Å². The van der Waals surface area contributed by atoms with Gasteiger partial charge in [-0.05, 0) is 32.4 Å². The fourth-order valence-corrected chi connectivity index (χ4v) is 2.25. The van der Waals surface area contributed by atoms with Crippen LogP contribution in [0.5, 0.6) is 0 Å². The van der Waals surface area contributed by atoms with Crippen molar-refractivity contribution in [3.05, 3.63) is 0 Å². The number of hydrogen-bond donors (Lipinski definition) is 1. The lowest BCUT2D eigenvalue weighted by atomic mass is 10.1. The van der Waals surface area contributed by atoms with Gasteiger partial charge in [0, 0.05) is 19.1 Å². The molecule has 14 heavy (non-hydrogen) atoms. The quantitative estimate of drug-likeness (QED) is 0.755. The summed E-state index contributed by atoms with van der Waals surface area (Å²) >= 11 is 0. The zero-order valence-corrected chi connectivity index (χ0v) is 9.88. The van der Waals surface area contributed by atoms with Gasteiger partial charge in [0.05, 0.1) is 0 Å². The van der Waals surface area contributed by atoms with Gasteiger partial charge in [-0.2, -0.15) is 0 Å². The van der Waals surface area contributed by atoms with Gasteiger partial charge in [0.15, 0.2) is 0 Å². The van der Waals surface area contributed by atoms with Crippen LogP contribution in [0.25, 0.3) is 0 Å². The first-order chi connectivity index (χ1) is 5.86. The summed E-state index contributed by atoms with van der Waals surface area (Å²) in [5.74, 6) is 0. The first-order valence-electron chi connectivity index (χ1n) is 4.95. The number of halogens is 3. The first-order valence-corrected chi connectivity index (χ1v) is 4.95.